The zero-order chi connectivity index (χ0) is 62.1. The van der Waals surface area contributed by atoms with Crippen molar-refractivity contribution in [2.75, 3.05) is 13.2 Å². The summed E-state index contributed by atoms with van der Waals surface area (Å²) < 4.78 is 11.3. The molecule has 1 amide bonds. The van der Waals surface area contributed by atoms with Gasteiger partial charge in [-0.3, -0.25) is 4.79 Å². The summed E-state index contributed by atoms with van der Waals surface area (Å²) in [5, 5.41) is 54.7. The van der Waals surface area contributed by atoms with Gasteiger partial charge in [-0.05, 0) is 103 Å². The zero-order valence-corrected chi connectivity index (χ0v) is 54.8. The summed E-state index contributed by atoms with van der Waals surface area (Å²) in [6.45, 7) is 3.66. The highest BCUT2D eigenvalue weighted by Gasteiger charge is 2.44. The summed E-state index contributed by atoms with van der Waals surface area (Å²) in [4.78, 5) is 13.1. The highest BCUT2D eigenvalue weighted by molar-refractivity contribution is 5.76. The predicted octanol–water partition coefficient (Wildman–Crippen LogP) is 19.4. The van der Waals surface area contributed by atoms with Gasteiger partial charge in [0.2, 0.25) is 5.91 Å². The summed E-state index contributed by atoms with van der Waals surface area (Å²) in [5.74, 6) is -0.212. The minimum absolute atomic E-state index is 0.210. The van der Waals surface area contributed by atoms with Crippen LogP contribution in [0.1, 0.15) is 277 Å². The van der Waals surface area contributed by atoms with Gasteiger partial charge < -0.3 is 40.3 Å². The molecule has 6 N–H and O–H groups in total. The van der Waals surface area contributed by atoms with E-state index in [1.807, 2.05) is 6.08 Å². The molecule has 0 saturated carbocycles. The van der Waals surface area contributed by atoms with E-state index in [0.29, 0.717) is 12.8 Å². The molecule has 7 unspecified atom stereocenters. The second-order valence-electron chi connectivity index (χ2n) is 23.6. The van der Waals surface area contributed by atoms with Gasteiger partial charge in [0.05, 0.1) is 25.4 Å². The van der Waals surface area contributed by atoms with Crippen LogP contribution in [0.4, 0.5) is 0 Å². The lowest BCUT2D eigenvalue weighted by Crippen LogP contribution is -2.60. The maximum absolute atomic E-state index is 13.1. The monoisotopic (exact) mass is 1200 g/mol. The van der Waals surface area contributed by atoms with Gasteiger partial charge in [0.25, 0.3) is 0 Å². The molecule has 490 valence electrons. The minimum atomic E-state index is -1.58. The molecule has 86 heavy (non-hydrogen) atoms. The van der Waals surface area contributed by atoms with Crippen LogP contribution in [-0.2, 0) is 14.3 Å². The number of amides is 1. The van der Waals surface area contributed by atoms with E-state index in [-0.39, 0.29) is 12.5 Å². The van der Waals surface area contributed by atoms with E-state index in [1.54, 1.807) is 6.08 Å². The SMILES string of the molecule is CC/C=C\C/C=C\C/C=C\C/C=C\C/C=C\C/C=C\C/C=C\C/C=C\C/C=C\C/C=C\C/C=C\CCCCCC(=O)NC(COC1OC(CO)C(O)C(O)C1O)C(O)/C=C/CCCCCCCCCCCCCCCCCCCCCCCCCC. The van der Waals surface area contributed by atoms with Crippen molar-refractivity contribution in [2.45, 2.75) is 320 Å². The molecule has 1 saturated heterocycles. The first kappa shape index (κ1) is 80.1. The largest absolute Gasteiger partial charge is 0.394 e. The van der Waals surface area contributed by atoms with Crippen LogP contribution >= 0.6 is 0 Å². The van der Waals surface area contributed by atoms with Gasteiger partial charge in [0.15, 0.2) is 6.29 Å². The molecule has 0 bridgehead atoms. The van der Waals surface area contributed by atoms with Crippen molar-refractivity contribution < 1.29 is 39.8 Å². The number of carbonyl (C=O) groups is 1. The number of ether oxygens (including phenoxy) is 2. The number of aliphatic hydroxyl groups excluding tert-OH is 5. The lowest BCUT2D eigenvalue weighted by molar-refractivity contribution is -0.302. The van der Waals surface area contributed by atoms with Crippen LogP contribution < -0.4 is 5.32 Å². The molecule has 1 aliphatic heterocycles. The molecule has 0 aliphatic carbocycles. The first-order chi connectivity index (χ1) is 42.3. The Balaban J connectivity index is 2.21. The van der Waals surface area contributed by atoms with E-state index < -0.39 is 49.5 Å². The second-order valence-corrected chi connectivity index (χ2v) is 23.6. The summed E-state index contributed by atoms with van der Waals surface area (Å²) in [6, 6.07) is -0.836. The molecule has 0 radical (unpaired) electrons. The fraction of sp³-hybridized carbons (Fsp3) is 0.675. The number of allylic oxidation sites excluding steroid dienone is 23. The predicted molar refractivity (Wildman–Crippen MR) is 368 cm³/mol. The zero-order valence-electron chi connectivity index (χ0n) is 54.8. The van der Waals surface area contributed by atoms with E-state index in [4.69, 9.17) is 9.47 Å². The molecular weight excluding hydrogens is 1070 g/mol. The maximum Gasteiger partial charge on any atom is 0.220 e. The summed E-state index contributed by atoms with van der Waals surface area (Å²) in [6.07, 6.45) is 92.2. The van der Waals surface area contributed by atoms with Crippen molar-refractivity contribution in [3.05, 3.63) is 146 Å². The second kappa shape index (κ2) is 64.1. The first-order valence-electron chi connectivity index (χ1n) is 35.1. The van der Waals surface area contributed by atoms with E-state index in [0.717, 1.165) is 109 Å². The number of aliphatic hydroxyl groups is 5. The maximum atomic E-state index is 13.1. The number of unbranched alkanes of at least 4 members (excludes halogenated alkanes) is 27. The van der Waals surface area contributed by atoms with Gasteiger partial charge in [0, 0.05) is 6.42 Å². The Morgan fingerprint density at radius 1 is 0.407 bits per heavy atom. The third kappa shape index (κ3) is 52.1. The lowest BCUT2D eigenvalue weighted by Gasteiger charge is -2.40. The van der Waals surface area contributed by atoms with Gasteiger partial charge in [-0.15, -0.1) is 0 Å². The van der Waals surface area contributed by atoms with E-state index in [1.165, 1.54) is 141 Å². The van der Waals surface area contributed by atoms with Crippen LogP contribution in [0, 0.1) is 0 Å². The van der Waals surface area contributed by atoms with Crippen LogP contribution in [0.2, 0.25) is 0 Å². The summed E-state index contributed by atoms with van der Waals surface area (Å²) >= 11 is 0. The average Bonchev–Trinajstić information content (AvgIpc) is 2.44. The fourth-order valence-electron chi connectivity index (χ4n) is 10.2. The van der Waals surface area contributed by atoms with Gasteiger partial charge >= 0.3 is 0 Å². The Labute approximate surface area is 527 Å². The Hall–Kier alpha value is -3.93. The smallest absolute Gasteiger partial charge is 0.220 e. The molecule has 9 nitrogen and oxygen atoms in total. The van der Waals surface area contributed by atoms with Crippen LogP contribution in [-0.4, -0.2) is 87.5 Å². The summed E-state index contributed by atoms with van der Waals surface area (Å²) in [7, 11) is 0. The highest BCUT2D eigenvalue weighted by atomic mass is 16.7. The third-order valence-electron chi connectivity index (χ3n) is 15.7. The van der Waals surface area contributed by atoms with E-state index in [9.17, 15) is 30.3 Å². The molecule has 9 heteroatoms. The van der Waals surface area contributed by atoms with Crippen molar-refractivity contribution in [3.63, 3.8) is 0 Å². The molecule has 0 aromatic rings. The number of carbonyl (C=O) groups excluding carboxylic acids is 1. The molecule has 0 aromatic heterocycles. The number of hydrogen-bond donors (Lipinski definition) is 6. The number of nitrogens with one attached hydrogen (secondary N) is 1. The van der Waals surface area contributed by atoms with Crippen molar-refractivity contribution in [2.24, 2.45) is 0 Å². The molecule has 0 spiro atoms. The van der Waals surface area contributed by atoms with Crippen LogP contribution in [0.25, 0.3) is 0 Å². The first-order valence-corrected chi connectivity index (χ1v) is 35.1. The van der Waals surface area contributed by atoms with E-state index in [2.05, 4.69) is 153 Å². The van der Waals surface area contributed by atoms with Crippen molar-refractivity contribution in [1.29, 1.82) is 0 Å². The van der Waals surface area contributed by atoms with Crippen LogP contribution in [0.3, 0.4) is 0 Å². The van der Waals surface area contributed by atoms with Crippen LogP contribution in [0.15, 0.2) is 146 Å². The van der Waals surface area contributed by atoms with Gasteiger partial charge in [0.1, 0.15) is 24.4 Å². The third-order valence-corrected chi connectivity index (χ3v) is 15.7. The van der Waals surface area contributed by atoms with Crippen LogP contribution in [0.5, 0.6) is 0 Å². The van der Waals surface area contributed by atoms with Crippen molar-refractivity contribution in [3.8, 4) is 0 Å². The standard InChI is InChI=1S/C77H129NO8/c1-3-5-7-9-11-13-15-17-19-21-23-25-27-29-31-32-33-34-35-36-37-38-39-40-41-43-45-47-49-51-53-55-57-59-61-63-65-67-73(81)78-70(69-85-77-76(84)75(83)74(82)72(68-79)86-77)71(80)66-64-62-60-58-56-54-52-50-48-46-44-42-30-28-26-24-22-20-18-16-14-12-10-8-6-4-2/h5,7,11,13,17,19,23,25,29,31,33-34,36-37,39-40,43,45,49,51,55,57,64,66,70-72,74-77,79-80,82-84H,3-4,6,8-10,12,14-16,18,20-22,24,26-28,30,32,35,38,41-42,44,46-48,50,52-54,56,58-63,65,67-69H2,1-2H3,(H,78,81)/b7-5-,13-11-,19-17-,25-23-,31-29-,34-33-,37-36-,40-39-,45-43-,51-49-,57-55-,66-64+. The molecule has 0 aromatic carbocycles. The highest BCUT2D eigenvalue weighted by Crippen LogP contribution is 2.23. The fourth-order valence-corrected chi connectivity index (χ4v) is 10.2. The molecule has 1 aliphatic rings. The molecule has 1 heterocycles. The number of hydrogen-bond acceptors (Lipinski definition) is 8. The van der Waals surface area contributed by atoms with Crippen molar-refractivity contribution >= 4 is 5.91 Å². The molecule has 7 atom stereocenters. The van der Waals surface area contributed by atoms with E-state index >= 15 is 0 Å². The van der Waals surface area contributed by atoms with Gasteiger partial charge in [-0.25, -0.2) is 0 Å². The Bertz CT molecular complexity index is 1870. The molecule has 1 rings (SSSR count). The van der Waals surface area contributed by atoms with Gasteiger partial charge in [-0.2, -0.15) is 0 Å². The Morgan fingerprint density at radius 3 is 1.07 bits per heavy atom. The Morgan fingerprint density at radius 2 is 0.721 bits per heavy atom. The van der Waals surface area contributed by atoms with Gasteiger partial charge in [-0.1, -0.05) is 314 Å². The quantitative estimate of drug-likeness (QED) is 0.0261. The average molecular weight is 1200 g/mol. The normalized spacial score (nSPS) is 19.0. The molecule has 1 fully saturated rings. The topological polar surface area (TPSA) is 149 Å². The molecular formula is C77H129NO8. The summed E-state index contributed by atoms with van der Waals surface area (Å²) in [5.41, 5.74) is 0. The minimum Gasteiger partial charge on any atom is -0.394 e. The number of rotatable bonds is 59. The lowest BCUT2D eigenvalue weighted by atomic mass is 9.99. The van der Waals surface area contributed by atoms with Crippen molar-refractivity contribution in [1.82, 2.24) is 5.32 Å². The Kier molecular flexibility index (Phi) is 59.7.